The van der Waals surface area contributed by atoms with E-state index < -0.39 is 5.54 Å². The van der Waals surface area contributed by atoms with E-state index in [9.17, 15) is 9.59 Å². The first-order valence-electron chi connectivity index (χ1n) is 8.73. The normalized spacial score (nSPS) is 32.5. The predicted octanol–water partition coefficient (Wildman–Crippen LogP) is 2.47. The molecule has 0 aromatic heterocycles. The molecule has 1 saturated heterocycles. The highest BCUT2D eigenvalue weighted by atomic mass is 16.2. The van der Waals surface area contributed by atoms with Crippen molar-refractivity contribution in [2.45, 2.75) is 70.3 Å². The quantitative estimate of drug-likeness (QED) is 0.868. The maximum absolute atomic E-state index is 12.8. The van der Waals surface area contributed by atoms with Gasteiger partial charge in [0.2, 0.25) is 11.8 Å². The molecule has 3 rings (SSSR count). The zero-order chi connectivity index (χ0) is 14.9. The van der Waals surface area contributed by atoms with Gasteiger partial charge in [0.1, 0.15) is 5.54 Å². The van der Waals surface area contributed by atoms with Gasteiger partial charge in [0.25, 0.3) is 0 Å². The lowest BCUT2D eigenvalue weighted by Gasteiger charge is -2.41. The van der Waals surface area contributed by atoms with E-state index in [0.717, 1.165) is 38.1 Å². The molecule has 3 fully saturated rings. The topological polar surface area (TPSA) is 49.4 Å². The van der Waals surface area contributed by atoms with Crippen LogP contribution < -0.4 is 5.32 Å². The molecule has 0 unspecified atom stereocenters. The van der Waals surface area contributed by atoms with Gasteiger partial charge in [-0.15, -0.1) is 0 Å². The second-order valence-corrected chi connectivity index (χ2v) is 7.32. The highest BCUT2D eigenvalue weighted by molar-refractivity contribution is 5.98. The molecule has 0 bridgehead atoms. The fourth-order valence-corrected chi connectivity index (χ4v) is 4.51. The Kier molecular flexibility index (Phi) is 4.23. The van der Waals surface area contributed by atoms with Crippen molar-refractivity contribution < 1.29 is 9.59 Å². The molecule has 2 aliphatic carbocycles. The Balaban J connectivity index is 1.62. The van der Waals surface area contributed by atoms with E-state index in [0.29, 0.717) is 5.92 Å². The Labute approximate surface area is 127 Å². The third-order valence-electron chi connectivity index (χ3n) is 5.89. The summed E-state index contributed by atoms with van der Waals surface area (Å²) < 4.78 is 0. The summed E-state index contributed by atoms with van der Waals surface area (Å²) in [6, 6.07) is 0. The molecule has 118 valence electrons. The zero-order valence-corrected chi connectivity index (χ0v) is 13.2. The molecule has 4 nitrogen and oxygen atoms in total. The summed E-state index contributed by atoms with van der Waals surface area (Å²) in [6.07, 6.45) is 10.1. The van der Waals surface area contributed by atoms with Gasteiger partial charge in [0, 0.05) is 6.54 Å². The molecule has 3 aliphatic rings. The molecule has 1 N–H and O–H groups in total. The summed E-state index contributed by atoms with van der Waals surface area (Å²) in [4.78, 5) is 26.7. The Morgan fingerprint density at radius 2 is 1.71 bits per heavy atom. The summed E-state index contributed by atoms with van der Waals surface area (Å²) in [5, 5.41) is 2.99. The minimum absolute atomic E-state index is 0.0405. The highest BCUT2D eigenvalue weighted by Crippen LogP contribution is 2.35. The molecule has 0 radical (unpaired) electrons. The number of nitrogens with one attached hydrogen (secondary N) is 1. The Morgan fingerprint density at radius 1 is 1.10 bits per heavy atom. The number of carbonyl (C=O) groups is 2. The molecule has 0 aromatic carbocycles. The van der Waals surface area contributed by atoms with Crippen LogP contribution in [-0.4, -0.2) is 35.3 Å². The van der Waals surface area contributed by atoms with Crippen LogP contribution >= 0.6 is 0 Å². The van der Waals surface area contributed by atoms with Gasteiger partial charge in [-0.3, -0.25) is 9.59 Å². The number of amides is 2. The zero-order valence-electron chi connectivity index (χ0n) is 13.2. The van der Waals surface area contributed by atoms with E-state index >= 15 is 0 Å². The number of rotatable bonds is 3. The van der Waals surface area contributed by atoms with Gasteiger partial charge in [0.15, 0.2) is 0 Å². The molecule has 1 spiro atoms. The Morgan fingerprint density at radius 3 is 2.33 bits per heavy atom. The lowest BCUT2D eigenvalue weighted by Crippen LogP contribution is -2.66. The van der Waals surface area contributed by atoms with Crippen LogP contribution in [0, 0.1) is 11.8 Å². The standard InChI is InChI=1S/C17H28N2O2/c1-2-13-5-7-14(8-6-13)11-19-12-15(20)18-17(16(19)21)9-3-4-10-17/h13-14H,2-12H2,1H3,(H,18,20). The average molecular weight is 292 g/mol. The minimum atomic E-state index is -0.546. The lowest BCUT2D eigenvalue weighted by atomic mass is 9.80. The molecule has 1 heterocycles. The van der Waals surface area contributed by atoms with Crippen LogP contribution in [0.1, 0.15) is 64.7 Å². The van der Waals surface area contributed by atoms with Gasteiger partial charge in [-0.05, 0) is 37.5 Å². The van der Waals surface area contributed by atoms with Crippen LogP contribution in [0.2, 0.25) is 0 Å². The summed E-state index contributed by atoms with van der Waals surface area (Å²) in [5.74, 6) is 1.71. The molecule has 4 heteroatoms. The van der Waals surface area contributed by atoms with Gasteiger partial charge >= 0.3 is 0 Å². The van der Waals surface area contributed by atoms with Crippen LogP contribution in [0.4, 0.5) is 0 Å². The molecule has 21 heavy (non-hydrogen) atoms. The van der Waals surface area contributed by atoms with Crippen molar-refractivity contribution in [3.8, 4) is 0 Å². The molecule has 1 aliphatic heterocycles. The van der Waals surface area contributed by atoms with Crippen molar-refractivity contribution in [2.24, 2.45) is 11.8 Å². The maximum Gasteiger partial charge on any atom is 0.248 e. The van der Waals surface area contributed by atoms with E-state index in [1.165, 1.54) is 32.1 Å². The van der Waals surface area contributed by atoms with Crippen LogP contribution in [0.5, 0.6) is 0 Å². The van der Waals surface area contributed by atoms with Crippen LogP contribution in [0.15, 0.2) is 0 Å². The van der Waals surface area contributed by atoms with Gasteiger partial charge in [-0.2, -0.15) is 0 Å². The average Bonchev–Trinajstić information content (AvgIpc) is 2.94. The van der Waals surface area contributed by atoms with Crippen molar-refractivity contribution in [3.63, 3.8) is 0 Å². The lowest BCUT2D eigenvalue weighted by molar-refractivity contribution is -0.150. The van der Waals surface area contributed by atoms with E-state index in [4.69, 9.17) is 0 Å². The SMILES string of the molecule is CCC1CCC(CN2CC(=O)NC3(CCCC3)C2=O)CC1. The Hall–Kier alpha value is -1.06. The second-order valence-electron chi connectivity index (χ2n) is 7.32. The number of piperazine rings is 1. The molecular formula is C17H28N2O2. The van der Waals surface area contributed by atoms with Gasteiger partial charge in [-0.25, -0.2) is 0 Å². The van der Waals surface area contributed by atoms with Crippen molar-refractivity contribution >= 4 is 11.8 Å². The molecule has 2 saturated carbocycles. The van der Waals surface area contributed by atoms with E-state index in [2.05, 4.69) is 12.2 Å². The highest BCUT2D eigenvalue weighted by Gasteiger charge is 2.48. The molecule has 2 amide bonds. The first-order valence-corrected chi connectivity index (χ1v) is 8.73. The summed E-state index contributed by atoms with van der Waals surface area (Å²) in [7, 11) is 0. The van der Waals surface area contributed by atoms with Crippen LogP contribution in [0.25, 0.3) is 0 Å². The maximum atomic E-state index is 12.8. The third-order valence-corrected chi connectivity index (χ3v) is 5.89. The van der Waals surface area contributed by atoms with Gasteiger partial charge < -0.3 is 10.2 Å². The van der Waals surface area contributed by atoms with Crippen molar-refractivity contribution in [2.75, 3.05) is 13.1 Å². The van der Waals surface area contributed by atoms with Crippen molar-refractivity contribution in [1.82, 2.24) is 10.2 Å². The number of hydrogen-bond acceptors (Lipinski definition) is 2. The van der Waals surface area contributed by atoms with E-state index in [-0.39, 0.29) is 18.4 Å². The number of hydrogen-bond donors (Lipinski definition) is 1. The van der Waals surface area contributed by atoms with Crippen LogP contribution in [-0.2, 0) is 9.59 Å². The second kappa shape index (κ2) is 5.98. The predicted molar refractivity (Wildman–Crippen MR) is 81.7 cm³/mol. The molecule has 0 atom stereocenters. The van der Waals surface area contributed by atoms with Crippen LogP contribution in [0.3, 0.4) is 0 Å². The smallest absolute Gasteiger partial charge is 0.248 e. The largest absolute Gasteiger partial charge is 0.340 e. The summed E-state index contributed by atoms with van der Waals surface area (Å²) in [6.45, 7) is 3.34. The first-order chi connectivity index (χ1) is 10.1. The van der Waals surface area contributed by atoms with Gasteiger partial charge in [0.05, 0.1) is 6.54 Å². The number of nitrogens with zero attached hydrogens (tertiary/aromatic N) is 1. The fourth-order valence-electron chi connectivity index (χ4n) is 4.51. The number of carbonyl (C=O) groups excluding carboxylic acids is 2. The van der Waals surface area contributed by atoms with E-state index in [1.807, 2.05) is 4.90 Å². The summed E-state index contributed by atoms with van der Waals surface area (Å²) in [5.41, 5.74) is -0.546. The molecular weight excluding hydrogens is 264 g/mol. The fraction of sp³-hybridized carbons (Fsp3) is 0.882. The van der Waals surface area contributed by atoms with E-state index in [1.54, 1.807) is 0 Å². The monoisotopic (exact) mass is 292 g/mol. The third kappa shape index (κ3) is 2.95. The summed E-state index contributed by atoms with van der Waals surface area (Å²) >= 11 is 0. The first kappa shape index (κ1) is 14.9. The molecule has 0 aromatic rings. The van der Waals surface area contributed by atoms with Crippen molar-refractivity contribution in [3.05, 3.63) is 0 Å². The van der Waals surface area contributed by atoms with Crippen molar-refractivity contribution in [1.29, 1.82) is 0 Å². The minimum Gasteiger partial charge on any atom is -0.340 e. The van der Waals surface area contributed by atoms with Gasteiger partial charge in [-0.1, -0.05) is 39.0 Å². The Bertz CT molecular complexity index is 407.